The van der Waals surface area contributed by atoms with E-state index in [1.165, 1.54) is 0 Å². The van der Waals surface area contributed by atoms with Crippen LogP contribution in [-0.4, -0.2) is 27.2 Å². The molecule has 9 heteroatoms. The van der Waals surface area contributed by atoms with Crippen molar-refractivity contribution in [2.24, 2.45) is 0 Å². The van der Waals surface area contributed by atoms with E-state index in [4.69, 9.17) is 0 Å². The largest absolute Gasteiger partial charge is 0.334 e. The fourth-order valence-corrected chi connectivity index (χ4v) is 2.99. The molecule has 0 spiro atoms. The van der Waals surface area contributed by atoms with E-state index >= 15 is 0 Å². The maximum absolute atomic E-state index is 12.4. The molecule has 0 saturated carbocycles. The van der Waals surface area contributed by atoms with E-state index in [9.17, 15) is 9.59 Å². The van der Waals surface area contributed by atoms with Gasteiger partial charge < -0.3 is 16.0 Å². The normalized spacial score (nSPS) is 10.2. The maximum Gasteiger partial charge on any atom is 0.324 e. The zero-order valence-corrected chi connectivity index (χ0v) is 17.0. The molecule has 0 aliphatic heterocycles. The number of aromatic nitrogens is 3. The second kappa shape index (κ2) is 9.90. The summed E-state index contributed by atoms with van der Waals surface area (Å²) in [7, 11) is 0. The van der Waals surface area contributed by atoms with Crippen LogP contribution in [0, 0.1) is 0 Å². The van der Waals surface area contributed by atoms with Crippen molar-refractivity contribution in [1.29, 1.82) is 0 Å². The monoisotopic (exact) mass is 427 g/mol. The number of nitrogens with one attached hydrogen (secondary N) is 5. The minimum absolute atomic E-state index is 0.333. The van der Waals surface area contributed by atoms with Gasteiger partial charge in [-0.3, -0.25) is 15.4 Å². The standard InChI is InChI=1S/C23H21N7O2/c31-22(25-14-16-5-4-12-24-13-16)27-18-8-10-19(11-9-18)28-23(32)29-21-20(15-26-30-21)17-6-2-1-3-7-17/h1-13,15H,14H2,(H2,25,27,31)(H3,26,28,29,30,32). The summed E-state index contributed by atoms with van der Waals surface area (Å²) in [5, 5.41) is 17.8. The van der Waals surface area contributed by atoms with E-state index in [-0.39, 0.29) is 6.03 Å². The van der Waals surface area contributed by atoms with Crippen LogP contribution in [0.3, 0.4) is 0 Å². The third kappa shape index (κ3) is 5.48. The van der Waals surface area contributed by atoms with Gasteiger partial charge in [0.05, 0.1) is 6.20 Å². The Hall–Kier alpha value is -4.66. The van der Waals surface area contributed by atoms with Gasteiger partial charge in [-0.25, -0.2) is 9.59 Å². The second-order valence-electron chi connectivity index (χ2n) is 6.85. The van der Waals surface area contributed by atoms with E-state index in [0.29, 0.717) is 23.7 Å². The lowest BCUT2D eigenvalue weighted by Gasteiger charge is -2.10. The van der Waals surface area contributed by atoms with Crippen LogP contribution in [0.15, 0.2) is 85.3 Å². The minimum atomic E-state index is -0.415. The summed E-state index contributed by atoms with van der Waals surface area (Å²) >= 11 is 0. The van der Waals surface area contributed by atoms with Crippen molar-refractivity contribution in [3.05, 3.63) is 90.9 Å². The highest BCUT2D eigenvalue weighted by atomic mass is 16.2. The van der Waals surface area contributed by atoms with Gasteiger partial charge in [-0.1, -0.05) is 36.4 Å². The lowest BCUT2D eigenvalue weighted by Crippen LogP contribution is -2.28. The molecule has 160 valence electrons. The van der Waals surface area contributed by atoms with Gasteiger partial charge >= 0.3 is 12.1 Å². The molecule has 2 aromatic carbocycles. The first kappa shape index (κ1) is 20.6. The number of amides is 4. The molecule has 2 aromatic heterocycles. The predicted octanol–water partition coefficient (Wildman–Crippen LogP) is 4.44. The molecule has 0 radical (unpaired) electrons. The molecule has 0 atom stereocenters. The smallest absolute Gasteiger partial charge is 0.324 e. The third-order valence-corrected chi connectivity index (χ3v) is 4.54. The molecular weight excluding hydrogens is 406 g/mol. The van der Waals surface area contributed by atoms with E-state index in [1.54, 1.807) is 42.9 Å². The van der Waals surface area contributed by atoms with Crippen LogP contribution in [0.2, 0.25) is 0 Å². The van der Waals surface area contributed by atoms with Crippen LogP contribution in [0.4, 0.5) is 26.8 Å². The number of carbonyl (C=O) groups is 2. The number of aromatic amines is 1. The third-order valence-electron chi connectivity index (χ3n) is 4.54. The Morgan fingerprint density at radius 2 is 1.50 bits per heavy atom. The first-order valence-electron chi connectivity index (χ1n) is 9.88. The predicted molar refractivity (Wildman–Crippen MR) is 123 cm³/mol. The number of hydrogen-bond donors (Lipinski definition) is 5. The summed E-state index contributed by atoms with van der Waals surface area (Å²) in [6.07, 6.45) is 5.03. The number of urea groups is 2. The van der Waals surface area contributed by atoms with Crippen molar-refractivity contribution in [3.63, 3.8) is 0 Å². The minimum Gasteiger partial charge on any atom is -0.334 e. The van der Waals surface area contributed by atoms with E-state index in [1.807, 2.05) is 42.5 Å². The Bertz CT molecular complexity index is 1180. The van der Waals surface area contributed by atoms with Crippen molar-refractivity contribution >= 4 is 29.3 Å². The molecule has 0 aliphatic carbocycles. The number of anilines is 3. The summed E-state index contributed by atoms with van der Waals surface area (Å²) in [5.74, 6) is 0.497. The van der Waals surface area contributed by atoms with Crippen LogP contribution >= 0.6 is 0 Å². The number of hydrogen-bond acceptors (Lipinski definition) is 4. The van der Waals surface area contributed by atoms with E-state index in [2.05, 4.69) is 36.4 Å². The van der Waals surface area contributed by atoms with Crippen LogP contribution < -0.4 is 21.3 Å². The summed E-state index contributed by atoms with van der Waals surface area (Å²) in [6.45, 7) is 0.373. The molecule has 0 saturated heterocycles. The summed E-state index contributed by atoms with van der Waals surface area (Å²) in [4.78, 5) is 28.4. The molecule has 0 aliphatic rings. The van der Waals surface area contributed by atoms with Gasteiger partial charge in [0.1, 0.15) is 5.82 Å². The summed E-state index contributed by atoms with van der Waals surface area (Å²) in [6, 6.07) is 19.4. The Kier molecular flexibility index (Phi) is 6.37. The average Bonchev–Trinajstić information content (AvgIpc) is 3.28. The molecule has 5 N–H and O–H groups in total. The van der Waals surface area contributed by atoms with Crippen LogP contribution in [0.5, 0.6) is 0 Å². The zero-order chi connectivity index (χ0) is 22.2. The molecule has 0 fully saturated rings. The van der Waals surface area contributed by atoms with Gasteiger partial charge in [-0.05, 0) is 41.5 Å². The van der Waals surface area contributed by atoms with Gasteiger partial charge in [0.2, 0.25) is 0 Å². The molecule has 0 bridgehead atoms. The first-order valence-corrected chi connectivity index (χ1v) is 9.88. The number of rotatable bonds is 6. The zero-order valence-electron chi connectivity index (χ0n) is 17.0. The van der Waals surface area contributed by atoms with Crippen molar-refractivity contribution in [2.75, 3.05) is 16.0 Å². The topological polar surface area (TPSA) is 124 Å². The second-order valence-corrected chi connectivity index (χ2v) is 6.85. The van der Waals surface area contributed by atoms with Crippen molar-refractivity contribution < 1.29 is 9.59 Å². The molecule has 32 heavy (non-hydrogen) atoms. The Morgan fingerprint density at radius 1 is 0.781 bits per heavy atom. The van der Waals surface area contributed by atoms with Crippen molar-refractivity contribution in [1.82, 2.24) is 20.5 Å². The van der Waals surface area contributed by atoms with Gasteiger partial charge in [-0.15, -0.1) is 0 Å². The van der Waals surface area contributed by atoms with E-state index in [0.717, 1.165) is 16.7 Å². The van der Waals surface area contributed by atoms with Crippen LogP contribution in [0.25, 0.3) is 11.1 Å². The summed E-state index contributed by atoms with van der Waals surface area (Å²) < 4.78 is 0. The number of nitrogens with zero attached hydrogens (tertiary/aromatic N) is 2. The van der Waals surface area contributed by atoms with Crippen LogP contribution in [0.1, 0.15) is 5.56 Å². The summed E-state index contributed by atoms with van der Waals surface area (Å²) in [5.41, 5.74) is 3.80. The quantitative estimate of drug-likeness (QED) is 0.312. The van der Waals surface area contributed by atoms with Crippen molar-refractivity contribution in [2.45, 2.75) is 6.54 Å². The number of benzene rings is 2. The fourth-order valence-electron chi connectivity index (χ4n) is 2.99. The first-order chi connectivity index (χ1) is 15.7. The van der Waals surface area contributed by atoms with E-state index < -0.39 is 6.03 Å². The molecule has 4 aromatic rings. The van der Waals surface area contributed by atoms with Crippen molar-refractivity contribution in [3.8, 4) is 11.1 Å². The average molecular weight is 427 g/mol. The Morgan fingerprint density at radius 3 is 2.19 bits per heavy atom. The molecule has 4 rings (SSSR count). The highest BCUT2D eigenvalue weighted by Gasteiger charge is 2.11. The Balaban J connectivity index is 1.29. The highest BCUT2D eigenvalue weighted by Crippen LogP contribution is 2.25. The highest BCUT2D eigenvalue weighted by molar-refractivity contribution is 6.01. The molecular formula is C23H21N7O2. The maximum atomic E-state index is 12.4. The Labute approximate surface area is 184 Å². The SMILES string of the molecule is O=C(NCc1cccnc1)Nc1ccc(NC(=O)Nc2[nH]ncc2-c2ccccc2)cc1. The number of carbonyl (C=O) groups excluding carboxylic acids is 2. The number of H-pyrrole nitrogens is 1. The number of pyridine rings is 1. The van der Waals surface area contributed by atoms with Gasteiger partial charge in [0.25, 0.3) is 0 Å². The lowest BCUT2D eigenvalue weighted by molar-refractivity contribution is 0.251. The molecule has 4 amide bonds. The molecule has 2 heterocycles. The van der Waals surface area contributed by atoms with Gasteiger partial charge in [0.15, 0.2) is 0 Å². The molecule has 0 unspecified atom stereocenters. The molecule has 9 nitrogen and oxygen atoms in total. The van der Waals surface area contributed by atoms with Gasteiger partial charge in [0, 0.05) is 35.9 Å². The lowest BCUT2D eigenvalue weighted by atomic mass is 10.1. The van der Waals surface area contributed by atoms with Gasteiger partial charge in [-0.2, -0.15) is 5.10 Å². The fraction of sp³-hybridized carbons (Fsp3) is 0.0435. The van der Waals surface area contributed by atoms with Crippen LogP contribution in [-0.2, 0) is 6.54 Å².